The summed E-state index contributed by atoms with van der Waals surface area (Å²) in [4.78, 5) is 11.8. The van der Waals surface area contributed by atoms with Gasteiger partial charge in [-0.05, 0) is 29.5 Å². The van der Waals surface area contributed by atoms with E-state index in [4.69, 9.17) is 0 Å². The SMILES string of the molecule is CC(C)(C)c1ccc(NCC(=O)NC2CCS(=O)(=O)C2)cc1. The van der Waals surface area contributed by atoms with Crippen LogP contribution in [0.2, 0.25) is 0 Å². The maximum absolute atomic E-state index is 11.8. The van der Waals surface area contributed by atoms with Gasteiger partial charge < -0.3 is 10.6 Å². The highest BCUT2D eigenvalue weighted by Crippen LogP contribution is 2.23. The Labute approximate surface area is 132 Å². The van der Waals surface area contributed by atoms with Crippen LogP contribution in [0.5, 0.6) is 0 Å². The van der Waals surface area contributed by atoms with Crippen molar-refractivity contribution in [2.24, 2.45) is 0 Å². The first-order valence-electron chi connectivity index (χ1n) is 7.50. The molecule has 0 saturated carbocycles. The van der Waals surface area contributed by atoms with Gasteiger partial charge in [-0.2, -0.15) is 0 Å². The Kier molecular flexibility index (Phi) is 4.80. The highest BCUT2D eigenvalue weighted by atomic mass is 32.2. The molecule has 1 amide bonds. The molecule has 0 spiro atoms. The van der Waals surface area contributed by atoms with Crippen LogP contribution in [0.3, 0.4) is 0 Å². The summed E-state index contributed by atoms with van der Waals surface area (Å²) < 4.78 is 22.7. The monoisotopic (exact) mass is 324 g/mol. The first kappa shape index (κ1) is 16.8. The summed E-state index contributed by atoms with van der Waals surface area (Å²) in [5, 5.41) is 5.82. The first-order valence-corrected chi connectivity index (χ1v) is 9.32. The number of anilines is 1. The predicted octanol–water partition coefficient (Wildman–Crippen LogP) is 1.70. The molecule has 1 atom stereocenters. The second-order valence-corrected chi connectivity index (χ2v) is 9.08. The lowest BCUT2D eigenvalue weighted by atomic mass is 9.87. The summed E-state index contributed by atoms with van der Waals surface area (Å²) in [5.74, 6) is 0.0422. The zero-order valence-electron chi connectivity index (χ0n) is 13.3. The third kappa shape index (κ3) is 4.73. The molecule has 1 saturated heterocycles. The molecule has 0 bridgehead atoms. The van der Waals surface area contributed by atoms with E-state index >= 15 is 0 Å². The molecule has 122 valence electrons. The van der Waals surface area contributed by atoms with Crippen LogP contribution in [0.1, 0.15) is 32.8 Å². The van der Waals surface area contributed by atoms with E-state index in [1.807, 2.05) is 24.3 Å². The average molecular weight is 324 g/mol. The van der Waals surface area contributed by atoms with Gasteiger partial charge in [0.25, 0.3) is 0 Å². The summed E-state index contributed by atoms with van der Waals surface area (Å²) in [6.45, 7) is 6.60. The molecular weight excluding hydrogens is 300 g/mol. The van der Waals surface area contributed by atoms with Gasteiger partial charge in [0.05, 0.1) is 18.1 Å². The van der Waals surface area contributed by atoms with Crippen LogP contribution in [0, 0.1) is 0 Å². The van der Waals surface area contributed by atoms with Crippen LogP contribution in [-0.2, 0) is 20.0 Å². The van der Waals surface area contributed by atoms with E-state index in [1.54, 1.807) is 0 Å². The number of carbonyl (C=O) groups excluding carboxylic acids is 1. The van der Waals surface area contributed by atoms with Gasteiger partial charge in [-0.15, -0.1) is 0 Å². The molecule has 0 aliphatic carbocycles. The Morgan fingerprint density at radius 2 is 1.86 bits per heavy atom. The standard InChI is InChI=1S/C16H24N2O3S/c1-16(2,3)12-4-6-13(7-5-12)17-10-15(19)18-14-8-9-22(20,21)11-14/h4-7,14,17H,8-11H2,1-3H3,(H,18,19). The number of carbonyl (C=O) groups is 1. The number of benzene rings is 1. The van der Waals surface area contributed by atoms with Gasteiger partial charge in [0.2, 0.25) is 5.91 Å². The van der Waals surface area contributed by atoms with Gasteiger partial charge in [-0.1, -0.05) is 32.9 Å². The van der Waals surface area contributed by atoms with Crippen molar-refractivity contribution in [3.05, 3.63) is 29.8 Å². The zero-order valence-corrected chi connectivity index (χ0v) is 14.2. The summed E-state index contributed by atoms with van der Waals surface area (Å²) in [6.07, 6.45) is 0.508. The topological polar surface area (TPSA) is 75.3 Å². The molecular formula is C16H24N2O3S. The molecule has 2 rings (SSSR count). The molecule has 0 radical (unpaired) electrons. The third-order valence-electron chi connectivity index (χ3n) is 3.80. The van der Waals surface area contributed by atoms with Crippen molar-refractivity contribution in [2.45, 2.75) is 38.6 Å². The molecule has 1 fully saturated rings. The van der Waals surface area contributed by atoms with Gasteiger partial charge in [-0.3, -0.25) is 4.79 Å². The zero-order chi connectivity index (χ0) is 16.4. The van der Waals surface area contributed by atoms with Crippen molar-refractivity contribution in [1.82, 2.24) is 5.32 Å². The lowest BCUT2D eigenvalue weighted by Gasteiger charge is -2.19. The minimum atomic E-state index is -2.96. The molecule has 1 heterocycles. The minimum Gasteiger partial charge on any atom is -0.376 e. The highest BCUT2D eigenvalue weighted by Gasteiger charge is 2.28. The first-order chi connectivity index (χ1) is 10.2. The molecule has 2 N–H and O–H groups in total. The van der Waals surface area contributed by atoms with Crippen molar-refractivity contribution in [3.63, 3.8) is 0 Å². The van der Waals surface area contributed by atoms with E-state index in [9.17, 15) is 13.2 Å². The van der Waals surface area contributed by atoms with Crippen LogP contribution < -0.4 is 10.6 Å². The number of sulfone groups is 1. The van der Waals surface area contributed by atoms with Gasteiger partial charge in [0.1, 0.15) is 0 Å². The molecule has 1 aliphatic rings. The van der Waals surface area contributed by atoms with E-state index in [1.165, 1.54) is 5.56 Å². The molecule has 5 nitrogen and oxygen atoms in total. The Morgan fingerprint density at radius 1 is 1.23 bits per heavy atom. The number of nitrogens with one attached hydrogen (secondary N) is 2. The van der Waals surface area contributed by atoms with E-state index in [-0.39, 0.29) is 35.4 Å². The van der Waals surface area contributed by atoms with E-state index < -0.39 is 9.84 Å². The van der Waals surface area contributed by atoms with Crippen molar-refractivity contribution in [3.8, 4) is 0 Å². The fourth-order valence-electron chi connectivity index (χ4n) is 2.46. The van der Waals surface area contributed by atoms with Crippen LogP contribution in [0.15, 0.2) is 24.3 Å². The summed E-state index contributed by atoms with van der Waals surface area (Å²) >= 11 is 0. The lowest BCUT2D eigenvalue weighted by molar-refractivity contribution is -0.119. The number of amides is 1. The van der Waals surface area contributed by atoms with Crippen LogP contribution >= 0.6 is 0 Å². The molecule has 1 aromatic carbocycles. The largest absolute Gasteiger partial charge is 0.376 e. The van der Waals surface area contributed by atoms with Crippen LogP contribution in [0.25, 0.3) is 0 Å². The number of hydrogen-bond acceptors (Lipinski definition) is 4. The Hall–Kier alpha value is -1.56. The van der Waals surface area contributed by atoms with E-state index in [2.05, 4.69) is 31.4 Å². The second-order valence-electron chi connectivity index (χ2n) is 6.85. The smallest absolute Gasteiger partial charge is 0.239 e. The van der Waals surface area contributed by atoms with E-state index in [0.29, 0.717) is 6.42 Å². The second kappa shape index (κ2) is 6.28. The van der Waals surface area contributed by atoms with Gasteiger partial charge in [0, 0.05) is 11.7 Å². The molecule has 6 heteroatoms. The molecule has 1 unspecified atom stereocenters. The molecule has 0 aromatic heterocycles. The summed E-state index contributed by atoms with van der Waals surface area (Å²) in [6, 6.07) is 7.75. The fourth-order valence-corrected chi connectivity index (χ4v) is 4.13. The summed E-state index contributed by atoms with van der Waals surface area (Å²) in [5.41, 5.74) is 2.21. The van der Waals surface area contributed by atoms with Crippen LogP contribution in [0.4, 0.5) is 5.69 Å². The number of rotatable bonds is 4. The molecule has 22 heavy (non-hydrogen) atoms. The predicted molar refractivity (Wildman–Crippen MR) is 88.8 cm³/mol. The minimum absolute atomic E-state index is 0.0546. The van der Waals surface area contributed by atoms with Crippen molar-refractivity contribution in [2.75, 3.05) is 23.4 Å². The van der Waals surface area contributed by atoms with Crippen molar-refractivity contribution in [1.29, 1.82) is 0 Å². The average Bonchev–Trinajstić information content (AvgIpc) is 2.75. The van der Waals surface area contributed by atoms with E-state index in [0.717, 1.165) is 5.69 Å². The van der Waals surface area contributed by atoms with Crippen LogP contribution in [-0.4, -0.2) is 38.4 Å². The quantitative estimate of drug-likeness (QED) is 0.884. The maximum atomic E-state index is 11.8. The summed E-state index contributed by atoms with van der Waals surface area (Å²) in [7, 11) is -2.96. The lowest BCUT2D eigenvalue weighted by Crippen LogP contribution is -2.39. The third-order valence-corrected chi connectivity index (χ3v) is 5.57. The highest BCUT2D eigenvalue weighted by molar-refractivity contribution is 7.91. The Balaban J connectivity index is 1.81. The number of hydrogen-bond donors (Lipinski definition) is 2. The van der Waals surface area contributed by atoms with Crippen molar-refractivity contribution < 1.29 is 13.2 Å². The fraction of sp³-hybridized carbons (Fsp3) is 0.562. The maximum Gasteiger partial charge on any atom is 0.239 e. The van der Waals surface area contributed by atoms with Gasteiger partial charge >= 0.3 is 0 Å². The molecule has 1 aliphatic heterocycles. The Bertz CT molecular complexity index is 630. The molecule has 1 aromatic rings. The van der Waals surface area contributed by atoms with Crippen molar-refractivity contribution >= 4 is 21.4 Å². The Morgan fingerprint density at radius 3 is 2.36 bits per heavy atom. The van der Waals surface area contributed by atoms with Gasteiger partial charge in [0.15, 0.2) is 9.84 Å². The van der Waals surface area contributed by atoms with Gasteiger partial charge in [-0.25, -0.2) is 8.42 Å². The normalized spacial score (nSPS) is 20.6.